The number of rotatable bonds is 5. The summed E-state index contributed by atoms with van der Waals surface area (Å²) in [5.74, 6) is -21.2. The maximum atomic E-state index is 12.8. The molecule has 0 N–H and O–H groups in total. The Morgan fingerprint density at radius 3 is 1.75 bits per heavy atom. The van der Waals surface area contributed by atoms with Gasteiger partial charge in [-0.15, -0.1) is 0 Å². The number of ether oxygens (including phenoxy) is 1. The van der Waals surface area contributed by atoms with Gasteiger partial charge in [0.25, 0.3) is 0 Å². The van der Waals surface area contributed by atoms with Crippen LogP contribution in [0.1, 0.15) is 6.92 Å². The van der Waals surface area contributed by atoms with E-state index in [1.54, 1.807) is 0 Å². The van der Waals surface area contributed by atoms with Gasteiger partial charge in [0.2, 0.25) is 0 Å². The Balaban J connectivity index is 5.55. The fourth-order valence-electron chi connectivity index (χ4n) is 0.746. The zero-order valence-electron chi connectivity index (χ0n) is 9.49. The van der Waals surface area contributed by atoms with Gasteiger partial charge in [-0.3, -0.25) is 0 Å². The largest absolute Gasteiger partial charge is 0.473 e. The summed E-state index contributed by atoms with van der Waals surface area (Å²) in [7, 11) is 0. The van der Waals surface area contributed by atoms with Crippen LogP contribution in [0.3, 0.4) is 0 Å². The Labute approximate surface area is 106 Å². The minimum absolute atomic E-state index is 0.715. The average Bonchev–Trinajstić information content (AvgIpc) is 2.25. The number of halogens is 8. The van der Waals surface area contributed by atoms with Crippen molar-refractivity contribution in [3.05, 3.63) is 12.2 Å². The van der Waals surface area contributed by atoms with Gasteiger partial charge in [0, 0.05) is 6.92 Å². The molecule has 11 heteroatoms. The molecule has 0 aliphatic heterocycles. The minimum Gasteiger partial charge on any atom is -0.392 e. The van der Waals surface area contributed by atoms with Crippen LogP contribution in [-0.2, 0) is 9.53 Å². The van der Waals surface area contributed by atoms with E-state index in [0.717, 1.165) is 6.07 Å². The molecule has 0 aliphatic rings. The molecular formula is C9H5F8NO2. The number of hydrogen-bond donors (Lipinski definition) is 0. The third-order valence-corrected chi connectivity index (χ3v) is 1.91. The lowest BCUT2D eigenvalue weighted by Crippen LogP contribution is -2.62. The Bertz CT molecular complexity index is 460. The monoisotopic (exact) mass is 311 g/mol. The standard InChI is InChI=1S/C9H5F8NO2/c1-4(3-18)5(19)20-9(16,17)8(14,15)7(12,13)6(2,10)11/h1H2,2H3. The van der Waals surface area contributed by atoms with Gasteiger partial charge in [-0.1, -0.05) is 6.58 Å². The first-order valence-electron chi connectivity index (χ1n) is 4.45. The molecule has 0 aromatic carbocycles. The molecule has 0 heterocycles. The van der Waals surface area contributed by atoms with Crippen molar-refractivity contribution in [1.82, 2.24) is 0 Å². The predicted octanol–water partition coefficient (Wildman–Crippen LogP) is 3.13. The van der Waals surface area contributed by atoms with E-state index >= 15 is 0 Å². The molecule has 0 radical (unpaired) electrons. The molecule has 114 valence electrons. The fourth-order valence-corrected chi connectivity index (χ4v) is 0.746. The normalized spacial score (nSPS) is 13.6. The number of esters is 1. The molecule has 0 unspecified atom stereocenters. The molecule has 0 spiro atoms. The molecule has 0 atom stereocenters. The van der Waals surface area contributed by atoms with Crippen LogP contribution in [-0.4, -0.2) is 29.8 Å². The summed E-state index contributed by atoms with van der Waals surface area (Å²) in [6, 6.07) is 0.825. The zero-order valence-corrected chi connectivity index (χ0v) is 9.49. The lowest BCUT2D eigenvalue weighted by atomic mass is 10.1. The second-order valence-corrected chi connectivity index (χ2v) is 3.53. The average molecular weight is 311 g/mol. The summed E-state index contributed by atoms with van der Waals surface area (Å²) < 4.78 is 104. The maximum absolute atomic E-state index is 12.8. The first-order chi connectivity index (χ1) is 8.62. The molecule has 3 nitrogen and oxygen atoms in total. The minimum atomic E-state index is -6.72. The molecule has 0 aromatic rings. The van der Waals surface area contributed by atoms with Crippen molar-refractivity contribution in [2.75, 3.05) is 0 Å². The van der Waals surface area contributed by atoms with Crippen LogP contribution in [0.15, 0.2) is 12.2 Å². The van der Waals surface area contributed by atoms with E-state index < -0.39 is 42.3 Å². The van der Waals surface area contributed by atoms with Gasteiger partial charge in [0.15, 0.2) is 0 Å². The van der Waals surface area contributed by atoms with Gasteiger partial charge >= 0.3 is 29.8 Å². The SMILES string of the molecule is C=C(C#N)C(=O)OC(F)(F)C(F)(F)C(F)(F)C(C)(F)F. The summed E-state index contributed by atoms with van der Waals surface area (Å²) in [5.41, 5.74) is -1.41. The molecule has 0 bridgehead atoms. The van der Waals surface area contributed by atoms with Crippen molar-refractivity contribution in [3.8, 4) is 6.07 Å². The van der Waals surface area contributed by atoms with Crippen LogP contribution in [0.2, 0.25) is 0 Å². The topological polar surface area (TPSA) is 50.1 Å². The van der Waals surface area contributed by atoms with Crippen molar-refractivity contribution < 1.29 is 44.7 Å². The smallest absolute Gasteiger partial charge is 0.392 e. The van der Waals surface area contributed by atoms with Crippen molar-refractivity contribution in [2.24, 2.45) is 0 Å². The van der Waals surface area contributed by atoms with Crippen LogP contribution in [0, 0.1) is 11.3 Å². The Kier molecular flexibility index (Phi) is 4.46. The summed E-state index contributed by atoms with van der Waals surface area (Å²) >= 11 is 0. The molecule has 0 rings (SSSR count). The number of nitriles is 1. The Hall–Kier alpha value is -1.86. The molecule has 0 aliphatic carbocycles. The molecule has 0 amide bonds. The lowest BCUT2D eigenvalue weighted by molar-refractivity contribution is -0.413. The van der Waals surface area contributed by atoms with Gasteiger partial charge in [0.05, 0.1) is 0 Å². The van der Waals surface area contributed by atoms with Crippen LogP contribution in [0.25, 0.3) is 0 Å². The number of alkyl halides is 8. The Morgan fingerprint density at radius 2 is 1.45 bits per heavy atom. The molecule has 0 aromatic heterocycles. The first kappa shape index (κ1) is 18.1. The van der Waals surface area contributed by atoms with E-state index in [1.807, 2.05) is 0 Å². The van der Waals surface area contributed by atoms with Crippen LogP contribution in [0.5, 0.6) is 0 Å². The zero-order chi connectivity index (χ0) is 16.6. The second-order valence-electron chi connectivity index (χ2n) is 3.53. The molecule has 0 saturated heterocycles. The number of carbonyl (C=O) groups excluding carboxylic acids is 1. The summed E-state index contributed by atoms with van der Waals surface area (Å²) in [6.07, 6.45) is -6.28. The molecule has 20 heavy (non-hydrogen) atoms. The molecule has 0 saturated carbocycles. The maximum Gasteiger partial charge on any atom is 0.473 e. The van der Waals surface area contributed by atoms with Crippen molar-refractivity contribution in [2.45, 2.75) is 30.8 Å². The summed E-state index contributed by atoms with van der Waals surface area (Å²) in [4.78, 5) is 10.6. The van der Waals surface area contributed by atoms with Gasteiger partial charge in [-0.2, -0.15) is 40.4 Å². The van der Waals surface area contributed by atoms with E-state index in [-0.39, 0.29) is 0 Å². The van der Waals surface area contributed by atoms with E-state index in [1.165, 1.54) is 0 Å². The quantitative estimate of drug-likeness (QED) is 0.339. The van der Waals surface area contributed by atoms with Crippen LogP contribution >= 0.6 is 0 Å². The summed E-state index contributed by atoms with van der Waals surface area (Å²) in [5, 5.41) is 8.04. The Morgan fingerprint density at radius 1 is 1.05 bits per heavy atom. The number of nitrogens with zero attached hydrogens (tertiary/aromatic N) is 1. The highest BCUT2D eigenvalue weighted by Crippen LogP contribution is 2.52. The van der Waals surface area contributed by atoms with Gasteiger partial charge in [-0.25, -0.2) is 4.79 Å². The third kappa shape index (κ3) is 2.83. The van der Waals surface area contributed by atoms with Crippen molar-refractivity contribution >= 4 is 5.97 Å². The van der Waals surface area contributed by atoms with Gasteiger partial charge < -0.3 is 4.74 Å². The number of carbonyl (C=O) groups is 1. The van der Waals surface area contributed by atoms with Gasteiger partial charge in [-0.05, 0) is 0 Å². The van der Waals surface area contributed by atoms with Crippen molar-refractivity contribution in [3.63, 3.8) is 0 Å². The summed E-state index contributed by atoms with van der Waals surface area (Å²) in [6.45, 7) is 1.79. The van der Waals surface area contributed by atoms with Crippen LogP contribution < -0.4 is 0 Å². The van der Waals surface area contributed by atoms with Crippen LogP contribution in [0.4, 0.5) is 35.1 Å². The highest BCUT2D eigenvalue weighted by Gasteiger charge is 2.81. The fraction of sp³-hybridized carbons (Fsp3) is 0.556. The first-order valence-corrected chi connectivity index (χ1v) is 4.45. The third-order valence-electron chi connectivity index (χ3n) is 1.91. The highest BCUT2D eigenvalue weighted by atomic mass is 19.4. The predicted molar refractivity (Wildman–Crippen MR) is 46.3 cm³/mol. The number of hydrogen-bond acceptors (Lipinski definition) is 3. The molecule has 0 fully saturated rings. The molecular weight excluding hydrogens is 306 g/mol. The highest BCUT2D eigenvalue weighted by molar-refractivity contribution is 5.92. The van der Waals surface area contributed by atoms with E-state index in [4.69, 9.17) is 5.26 Å². The lowest BCUT2D eigenvalue weighted by Gasteiger charge is -2.34. The second kappa shape index (κ2) is 4.92. The van der Waals surface area contributed by atoms with E-state index in [0.29, 0.717) is 0 Å². The van der Waals surface area contributed by atoms with Crippen molar-refractivity contribution in [1.29, 1.82) is 5.26 Å². The van der Waals surface area contributed by atoms with Gasteiger partial charge in [0.1, 0.15) is 11.6 Å². The van der Waals surface area contributed by atoms with E-state index in [9.17, 15) is 39.9 Å². The van der Waals surface area contributed by atoms with E-state index in [2.05, 4.69) is 11.3 Å².